The molecule has 0 bridgehead atoms. The highest BCUT2D eigenvalue weighted by Crippen LogP contribution is 2.32. The molecule has 31 heavy (non-hydrogen) atoms. The average Bonchev–Trinajstić information content (AvgIpc) is 3.57. The zero-order valence-corrected chi connectivity index (χ0v) is 18.2. The van der Waals surface area contributed by atoms with Crippen LogP contribution in [0.25, 0.3) is 0 Å². The van der Waals surface area contributed by atoms with Gasteiger partial charge in [0.1, 0.15) is 5.69 Å². The highest BCUT2D eigenvalue weighted by molar-refractivity contribution is 5.95. The summed E-state index contributed by atoms with van der Waals surface area (Å²) >= 11 is 0. The van der Waals surface area contributed by atoms with E-state index in [0.29, 0.717) is 23.7 Å². The minimum Gasteiger partial charge on any atom is -0.493 e. The zero-order valence-electron chi connectivity index (χ0n) is 18.2. The van der Waals surface area contributed by atoms with E-state index in [2.05, 4.69) is 10.6 Å². The molecule has 0 unspecified atom stereocenters. The Morgan fingerprint density at radius 3 is 2.45 bits per heavy atom. The van der Waals surface area contributed by atoms with Crippen molar-refractivity contribution in [3.63, 3.8) is 0 Å². The normalized spacial score (nSPS) is 14.1. The van der Waals surface area contributed by atoms with Crippen LogP contribution in [0.4, 0.5) is 11.4 Å². The van der Waals surface area contributed by atoms with Gasteiger partial charge in [0.05, 0.1) is 25.2 Å². The predicted molar refractivity (Wildman–Crippen MR) is 118 cm³/mol. The SMILES string of the molecule is COc1ccc([C@@H](CNC(=O)c2ccc(NC3CC3)c([N+](=O)[O-])c2)N(C)C)cc1OC. The van der Waals surface area contributed by atoms with E-state index in [1.54, 1.807) is 26.4 Å². The molecule has 1 aliphatic carbocycles. The van der Waals surface area contributed by atoms with Crippen molar-refractivity contribution in [2.75, 3.05) is 40.2 Å². The van der Waals surface area contributed by atoms with E-state index in [-0.39, 0.29) is 29.2 Å². The number of hydrogen-bond donors (Lipinski definition) is 2. The van der Waals surface area contributed by atoms with E-state index in [1.807, 2.05) is 37.2 Å². The summed E-state index contributed by atoms with van der Waals surface area (Å²) in [5.41, 5.74) is 1.54. The van der Waals surface area contributed by atoms with Crippen LogP contribution in [0.3, 0.4) is 0 Å². The summed E-state index contributed by atoms with van der Waals surface area (Å²) in [7, 11) is 6.97. The number of nitrogens with zero attached hydrogens (tertiary/aromatic N) is 2. The largest absolute Gasteiger partial charge is 0.493 e. The lowest BCUT2D eigenvalue weighted by Gasteiger charge is -2.26. The number of methoxy groups -OCH3 is 2. The highest BCUT2D eigenvalue weighted by Gasteiger charge is 2.26. The maximum absolute atomic E-state index is 12.7. The van der Waals surface area contributed by atoms with Gasteiger partial charge in [-0.05, 0) is 56.8 Å². The summed E-state index contributed by atoms with van der Waals surface area (Å²) in [5.74, 6) is 0.862. The van der Waals surface area contributed by atoms with Crippen molar-refractivity contribution in [1.29, 1.82) is 0 Å². The minimum absolute atomic E-state index is 0.0939. The lowest BCUT2D eigenvalue weighted by molar-refractivity contribution is -0.384. The van der Waals surface area contributed by atoms with Crippen LogP contribution in [-0.2, 0) is 0 Å². The zero-order chi connectivity index (χ0) is 22.5. The molecule has 166 valence electrons. The molecule has 0 aliphatic heterocycles. The first kappa shape index (κ1) is 22.4. The van der Waals surface area contributed by atoms with E-state index in [9.17, 15) is 14.9 Å². The molecule has 1 aliphatic rings. The van der Waals surface area contributed by atoms with Crippen LogP contribution in [0.15, 0.2) is 36.4 Å². The van der Waals surface area contributed by atoms with Gasteiger partial charge in [-0.3, -0.25) is 14.9 Å². The van der Waals surface area contributed by atoms with E-state index in [1.165, 1.54) is 6.07 Å². The van der Waals surface area contributed by atoms with Crippen molar-refractivity contribution < 1.29 is 19.2 Å². The summed E-state index contributed by atoms with van der Waals surface area (Å²) in [6.07, 6.45) is 2.00. The van der Waals surface area contributed by atoms with Crippen molar-refractivity contribution in [2.24, 2.45) is 0 Å². The first-order valence-corrected chi connectivity index (χ1v) is 10.1. The number of carbonyl (C=O) groups excluding carboxylic acids is 1. The maximum Gasteiger partial charge on any atom is 0.293 e. The summed E-state index contributed by atoms with van der Waals surface area (Å²) in [6.45, 7) is 0.317. The van der Waals surface area contributed by atoms with Crippen LogP contribution in [0.1, 0.15) is 34.8 Å². The van der Waals surface area contributed by atoms with Crippen molar-refractivity contribution in [2.45, 2.75) is 24.9 Å². The van der Waals surface area contributed by atoms with Gasteiger partial charge in [0.25, 0.3) is 11.6 Å². The lowest BCUT2D eigenvalue weighted by atomic mass is 10.0. The Labute approximate surface area is 181 Å². The minimum atomic E-state index is -0.465. The fraction of sp³-hybridized carbons (Fsp3) is 0.409. The van der Waals surface area contributed by atoms with Gasteiger partial charge in [-0.1, -0.05) is 6.07 Å². The molecule has 2 aromatic carbocycles. The standard InChI is InChI=1S/C22H28N4O5/c1-25(2)19(14-6-10-20(30-3)21(12-14)31-4)13-23-22(27)15-5-9-17(24-16-7-8-16)18(11-15)26(28)29/h5-6,9-12,16,19,24H,7-8,13H2,1-4H3,(H,23,27)/t19-/m1/s1. The van der Waals surface area contributed by atoms with E-state index in [0.717, 1.165) is 18.4 Å². The Bertz CT molecular complexity index is 959. The monoisotopic (exact) mass is 428 g/mol. The first-order chi connectivity index (χ1) is 14.8. The van der Waals surface area contributed by atoms with E-state index in [4.69, 9.17) is 9.47 Å². The second-order valence-corrected chi connectivity index (χ2v) is 7.71. The van der Waals surface area contributed by atoms with E-state index < -0.39 is 4.92 Å². The number of hydrogen-bond acceptors (Lipinski definition) is 7. The fourth-order valence-corrected chi connectivity index (χ4v) is 3.34. The Morgan fingerprint density at radius 2 is 1.87 bits per heavy atom. The van der Waals surface area contributed by atoms with E-state index >= 15 is 0 Å². The van der Waals surface area contributed by atoms with Gasteiger partial charge in [-0.25, -0.2) is 0 Å². The highest BCUT2D eigenvalue weighted by atomic mass is 16.6. The predicted octanol–water partition coefficient (Wildman–Crippen LogP) is 3.22. The number of nitrogens with one attached hydrogen (secondary N) is 2. The Balaban J connectivity index is 1.74. The van der Waals surface area contributed by atoms with Crippen molar-refractivity contribution in [3.05, 3.63) is 57.6 Å². The molecular weight excluding hydrogens is 400 g/mol. The number of carbonyl (C=O) groups is 1. The molecule has 0 aromatic heterocycles. The molecule has 1 saturated carbocycles. The molecule has 0 radical (unpaired) electrons. The number of benzene rings is 2. The van der Waals surface area contributed by atoms with Crippen LogP contribution in [0.2, 0.25) is 0 Å². The molecule has 9 heteroatoms. The topological polar surface area (TPSA) is 106 Å². The van der Waals surface area contributed by atoms with Crippen LogP contribution in [-0.4, -0.2) is 56.6 Å². The second kappa shape index (κ2) is 9.65. The molecule has 0 spiro atoms. The first-order valence-electron chi connectivity index (χ1n) is 10.1. The van der Waals surface area contributed by atoms with Gasteiger partial charge in [-0.2, -0.15) is 0 Å². The number of nitro groups is 1. The molecule has 1 atom stereocenters. The molecule has 2 aromatic rings. The molecule has 9 nitrogen and oxygen atoms in total. The van der Waals surface area contributed by atoms with Crippen LogP contribution in [0.5, 0.6) is 11.5 Å². The summed E-state index contributed by atoms with van der Waals surface area (Å²) in [4.78, 5) is 25.7. The Hall–Kier alpha value is -3.33. The molecule has 3 rings (SSSR count). The van der Waals surface area contributed by atoms with Crippen molar-refractivity contribution in [1.82, 2.24) is 10.2 Å². The summed E-state index contributed by atoms with van der Waals surface area (Å²) in [6, 6.07) is 10.3. The quantitative estimate of drug-likeness (QED) is 0.442. The van der Waals surface area contributed by atoms with Crippen LogP contribution in [0, 0.1) is 10.1 Å². The number of anilines is 1. The third-order valence-electron chi connectivity index (χ3n) is 5.27. The molecule has 2 N–H and O–H groups in total. The maximum atomic E-state index is 12.7. The molecule has 0 saturated heterocycles. The van der Waals surface area contributed by atoms with Gasteiger partial charge < -0.3 is 25.0 Å². The number of rotatable bonds is 10. The van der Waals surface area contributed by atoms with Crippen molar-refractivity contribution >= 4 is 17.3 Å². The molecular formula is C22H28N4O5. The Kier molecular flexibility index (Phi) is 6.96. The third-order valence-corrected chi connectivity index (χ3v) is 5.27. The fourth-order valence-electron chi connectivity index (χ4n) is 3.34. The number of likely N-dealkylation sites (N-methyl/N-ethyl adjacent to an activating group) is 1. The van der Waals surface area contributed by atoms with Crippen LogP contribution < -0.4 is 20.1 Å². The molecule has 1 fully saturated rings. The van der Waals surface area contributed by atoms with Gasteiger partial charge >= 0.3 is 0 Å². The van der Waals surface area contributed by atoms with Crippen LogP contribution >= 0.6 is 0 Å². The lowest BCUT2D eigenvalue weighted by Crippen LogP contribution is -2.34. The summed E-state index contributed by atoms with van der Waals surface area (Å²) < 4.78 is 10.7. The number of nitro benzene ring substituents is 1. The van der Waals surface area contributed by atoms with Gasteiger partial charge in [0.15, 0.2) is 11.5 Å². The average molecular weight is 428 g/mol. The third kappa shape index (κ3) is 5.43. The Morgan fingerprint density at radius 1 is 1.16 bits per heavy atom. The molecule has 1 amide bonds. The van der Waals surface area contributed by atoms with Gasteiger partial charge in [-0.15, -0.1) is 0 Å². The van der Waals surface area contributed by atoms with Gasteiger partial charge in [0, 0.05) is 24.2 Å². The van der Waals surface area contributed by atoms with Gasteiger partial charge in [0.2, 0.25) is 0 Å². The summed E-state index contributed by atoms with van der Waals surface area (Å²) in [5, 5.41) is 17.5. The smallest absolute Gasteiger partial charge is 0.293 e. The number of ether oxygens (including phenoxy) is 2. The molecule has 0 heterocycles. The second-order valence-electron chi connectivity index (χ2n) is 7.71. The van der Waals surface area contributed by atoms with Crippen molar-refractivity contribution in [3.8, 4) is 11.5 Å². The number of amides is 1.